The Morgan fingerprint density at radius 1 is 1.15 bits per heavy atom. The van der Waals surface area contributed by atoms with Gasteiger partial charge in [0.1, 0.15) is 16.1 Å². The minimum Gasteiger partial charge on any atom is -0.494 e. The number of halogens is 1. The van der Waals surface area contributed by atoms with E-state index in [4.69, 9.17) is 4.74 Å². The molecule has 2 aromatic rings. The Kier molecular flexibility index (Phi) is 12.1. The van der Waals surface area contributed by atoms with Crippen LogP contribution >= 0.6 is 27.7 Å². The molecule has 220 valence electrons. The second-order valence-electron chi connectivity index (χ2n) is 10.5. The molecule has 0 aliphatic carbocycles. The summed E-state index contributed by atoms with van der Waals surface area (Å²) in [4.78, 5) is 40.7. The quantitative estimate of drug-likeness (QED) is 0.0901. The zero-order valence-corrected chi connectivity index (χ0v) is 25.8. The number of hydrogen-bond acceptors (Lipinski definition) is 6. The lowest BCUT2D eigenvalue weighted by atomic mass is 10.0. The number of pyridine rings is 1. The summed E-state index contributed by atoms with van der Waals surface area (Å²) in [6, 6.07) is 13.7. The number of carbonyl (C=O) groups is 3. The van der Waals surface area contributed by atoms with Gasteiger partial charge in [0.15, 0.2) is 0 Å². The van der Waals surface area contributed by atoms with Gasteiger partial charge in [0.25, 0.3) is 0 Å². The lowest BCUT2D eigenvalue weighted by Gasteiger charge is -2.18. The van der Waals surface area contributed by atoms with Crippen LogP contribution in [0.15, 0.2) is 53.1 Å². The van der Waals surface area contributed by atoms with Crippen molar-refractivity contribution < 1.29 is 19.1 Å². The third-order valence-electron chi connectivity index (χ3n) is 7.32. The van der Waals surface area contributed by atoms with E-state index >= 15 is 0 Å². The number of aromatic nitrogens is 1. The topological polar surface area (TPSA) is 109 Å². The van der Waals surface area contributed by atoms with Gasteiger partial charge in [-0.15, -0.1) is 0 Å². The first kappa shape index (κ1) is 31.1. The van der Waals surface area contributed by atoms with Gasteiger partial charge in [-0.1, -0.05) is 38.0 Å². The van der Waals surface area contributed by atoms with Gasteiger partial charge in [0.2, 0.25) is 5.91 Å². The first-order chi connectivity index (χ1) is 19.9. The predicted octanol–water partition coefficient (Wildman–Crippen LogP) is 5.97. The van der Waals surface area contributed by atoms with Crippen LogP contribution < -0.4 is 20.7 Å². The molecule has 41 heavy (non-hydrogen) atoms. The molecule has 3 amide bonds. The zero-order valence-electron chi connectivity index (χ0n) is 23.4. The number of fused-ring (bicyclic) bond motifs is 1. The monoisotopic (exact) mass is 642 g/mol. The van der Waals surface area contributed by atoms with Crippen LogP contribution in [0.5, 0.6) is 5.75 Å². The predicted molar refractivity (Wildman–Crippen MR) is 167 cm³/mol. The van der Waals surface area contributed by atoms with Gasteiger partial charge >= 0.3 is 6.03 Å². The van der Waals surface area contributed by atoms with Crippen LogP contribution in [0.3, 0.4) is 0 Å². The number of thioether (sulfide) groups is 1. The fourth-order valence-corrected chi connectivity index (χ4v) is 7.10. The number of Topliss-reactive ketones (excluding diaryl/α,β-unsaturated/α-hetero) is 1. The molecule has 0 saturated carbocycles. The molecule has 3 heterocycles. The number of rotatable bonds is 16. The molecular formula is C31H39BrN4O4S. The summed E-state index contributed by atoms with van der Waals surface area (Å²) >= 11 is 5.25. The molecule has 8 nitrogen and oxygen atoms in total. The standard InChI is InChI=1S/C31H39BrN4O4S/c1-2-7-25(34-29(38)18-15-22-8-5-12-28(32)33-22)21-13-16-24(17-14-21)40-19-6-10-23(37)9-3-4-11-27-30-26(20-41-27)35-31(39)36-30/h5,8,12-18,25-27,30H,2-4,6-7,9-11,19-20H2,1H3,(H,34,38)(H2,35,36,39)/b18-15+/t25?,26-,27-,30-/m0/s1. The molecule has 0 radical (unpaired) electrons. The Balaban J connectivity index is 1.11. The summed E-state index contributed by atoms with van der Waals surface area (Å²) in [5.41, 5.74) is 1.73. The molecule has 2 fully saturated rings. The van der Waals surface area contributed by atoms with Gasteiger partial charge in [-0.2, -0.15) is 11.8 Å². The summed E-state index contributed by atoms with van der Waals surface area (Å²) in [7, 11) is 0. The van der Waals surface area contributed by atoms with E-state index in [-0.39, 0.29) is 35.8 Å². The Hall–Kier alpha value is -2.85. The highest BCUT2D eigenvalue weighted by molar-refractivity contribution is 9.10. The maximum Gasteiger partial charge on any atom is 0.315 e. The highest BCUT2D eigenvalue weighted by Crippen LogP contribution is 2.33. The summed E-state index contributed by atoms with van der Waals surface area (Å²) in [6.07, 6.45) is 9.70. The van der Waals surface area contributed by atoms with Crippen molar-refractivity contribution >= 4 is 51.5 Å². The van der Waals surface area contributed by atoms with Crippen LogP contribution in [0.25, 0.3) is 6.08 Å². The maximum atomic E-state index is 12.5. The smallest absolute Gasteiger partial charge is 0.315 e. The number of benzene rings is 1. The fourth-order valence-electron chi connectivity index (χ4n) is 5.20. The Morgan fingerprint density at radius 2 is 1.95 bits per heavy atom. The van der Waals surface area contributed by atoms with Crippen LogP contribution in [0, 0.1) is 0 Å². The normalized spacial score (nSPS) is 20.3. The number of unbranched alkanes of at least 4 members (excludes halogenated alkanes) is 1. The van der Waals surface area contributed by atoms with E-state index in [1.165, 1.54) is 6.08 Å². The molecule has 2 saturated heterocycles. The number of ketones is 1. The van der Waals surface area contributed by atoms with E-state index in [0.717, 1.165) is 53.8 Å². The number of ether oxygens (including phenoxy) is 1. The Bertz CT molecular complexity index is 1210. The molecule has 10 heteroatoms. The molecule has 0 bridgehead atoms. The van der Waals surface area contributed by atoms with Gasteiger partial charge < -0.3 is 20.7 Å². The SMILES string of the molecule is CCCC(NC(=O)/C=C/c1cccc(Br)n1)c1ccc(OCCCC(=O)CCCC[C@@H]2SC[C@@H]3NC(=O)N[C@@H]32)cc1. The van der Waals surface area contributed by atoms with Crippen LogP contribution in [0.1, 0.15) is 75.6 Å². The lowest BCUT2D eigenvalue weighted by Crippen LogP contribution is -2.36. The van der Waals surface area contributed by atoms with Crippen LogP contribution in [0.4, 0.5) is 4.79 Å². The van der Waals surface area contributed by atoms with E-state index in [1.54, 1.807) is 6.08 Å². The molecule has 4 rings (SSSR count). The summed E-state index contributed by atoms with van der Waals surface area (Å²) in [5, 5.41) is 9.52. The van der Waals surface area contributed by atoms with Crippen molar-refractivity contribution in [3.05, 3.63) is 64.4 Å². The molecular weight excluding hydrogens is 604 g/mol. The third kappa shape index (κ3) is 9.88. The first-order valence-corrected chi connectivity index (χ1v) is 16.3. The number of hydrogen-bond donors (Lipinski definition) is 3. The highest BCUT2D eigenvalue weighted by atomic mass is 79.9. The number of nitrogens with zero attached hydrogens (tertiary/aromatic N) is 1. The maximum absolute atomic E-state index is 12.5. The molecule has 1 aromatic heterocycles. The average Bonchev–Trinajstić information content (AvgIpc) is 3.51. The molecule has 3 N–H and O–H groups in total. The summed E-state index contributed by atoms with van der Waals surface area (Å²) in [5.74, 6) is 1.83. The highest BCUT2D eigenvalue weighted by Gasteiger charge is 2.42. The second-order valence-corrected chi connectivity index (χ2v) is 12.6. The van der Waals surface area contributed by atoms with Crippen molar-refractivity contribution in [2.45, 2.75) is 81.7 Å². The van der Waals surface area contributed by atoms with E-state index in [1.807, 2.05) is 54.2 Å². The van der Waals surface area contributed by atoms with E-state index in [0.29, 0.717) is 36.8 Å². The van der Waals surface area contributed by atoms with Gasteiger partial charge in [-0.05, 0) is 77.5 Å². The zero-order chi connectivity index (χ0) is 29.0. The van der Waals surface area contributed by atoms with Crippen molar-refractivity contribution in [2.24, 2.45) is 0 Å². The van der Waals surface area contributed by atoms with Crippen LogP contribution in [-0.4, -0.2) is 52.4 Å². The summed E-state index contributed by atoms with van der Waals surface area (Å²) < 4.78 is 6.59. The second kappa shape index (κ2) is 16.0. The van der Waals surface area contributed by atoms with E-state index in [2.05, 4.69) is 43.8 Å². The fraction of sp³-hybridized carbons (Fsp3) is 0.484. The molecule has 0 spiro atoms. The van der Waals surface area contributed by atoms with Crippen molar-refractivity contribution in [1.29, 1.82) is 0 Å². The van der Waals surface area contributed by atoms with Gasteiger partial charge in [-0.3, -0.25) is 9.59 Å². The van der Waals surface area contributed by atoms with Gasteiger partial charge in [0, 0.05) is 29.9 Å². The average molecular weight is 644 g/mol. The van der Waals surface area contributed by atoms with Crippen molar-refractivity contribution in [3.8, 4) is 5.75 Å². The Morgan fingerprint density at radius 3 is 2.73 bits per heavy atom. The number of amides is 3. The largest absolute Gasteiger partial charge is 0.494 e. The first-order valence-electron chi connectivity index (χ1n) is 14.5. The molecule has 1 aromatic carbocycles. The minimum atomic E-state index is -0.166. The molecule has 4 atom stereocenters. The van der Waals surface area contributed by atoms with Gasteiger partial charge in [0.05, 0.1) is 30.4 Å². The van der Waals surface area contributed by atoms with Crippen molar-refractivity contribution in [1.82, 2.24) is 20.9 Å². The third-order valence-corrected chi connectivity index (χ3v) is 9.27. The Labute approximate surface area is 255 Å². The van der Waals surface area contributed by atoms with Crippen molar-refractivity contribution in [2.75, 3.05) is 12.4 Å². The van der Waals surface area contributed by atoms with Gasteiger partial charge in [-0.25, -0.2) is 9.78 Å². The van der Waals surface area contributed by atoms with Crippen LogP contribution in [-0.2, 0) is 9.59 Å². The lowest BCUT2D eigenvalue weighted by molar-refractivity contribution is -0.119. The number of urea groups is 1. The number of carbonyl (C=O) groups excluding carboxylic acids is 3. The van der Waals surface area contributed by atoms with Crippen molar-refractivity contribution in [3.63, 3.8) is 0 Å². The van der Waals surface area contributed by atoms with Crippen LogP contribution in [0.2, 0.25) is 0 Å². The minimum absolute atomic E-state index is 0.0531. The number of nitrogens with one attached hydrogen (secondary N) is 3. The summed E-state index contributed by atoms with van der Waals surface area (Å²) in [6.45, 7) is 2.58. The molecule has 1 unspecified atom stereocenters. The van der Waals surface area contributed by atoms with E-state index < -0.39 is 0 Å². The molecule has 2 aliphatic heterocycles. The molecule has 2 aliphatic rings. The van der Waals surface area contributed by atoms with E-state index in [9.17, 15) is 14.4 Å².